The van der Waals surface area contributed by atoms with Gasteiger partial charge in [-0.15, -0.1) is 12.4 Å². The van der Waals surface area contributed by atoms with Crippen LogP contribution < -0.4 is 0 Å². The van der Waals surface area contributed by atoms with Gasteiger partial charge in [0.1, 0.15) is 13.2 Å². The highest BCUT2D eigenvalue weighted by Crippen LogP contribution is 2.33. The Morgan fingerprint density at radius 1 is 1.47 bits per heavy atom. The fourth-order valence-corrected chi connectivity index (χ4v) is 2.54. The van der Waals surface area contributed by atoms with Crippen molar-refractivity contribution in [3.63, 3.8) is 0 Å². The van der Waals surface area contributed by atoms with E-state index in [0.29, 0.717) is 17.5 Å². The van der Waals surface area contributed by atoms with Gasteiger partial charge in [-0.25, -0.2) is 0 Å². The van der Waals surface area contributed by atoms with Crippen LogP contribution in [0.3, 0.4) is 0 Å². The molecule has 15 heavy (non-hydrogen) atoms. The third-order valence-electron chi connectivity index (χ3n) is 3.31. The summed E-state index contributed by atoms with van der Waals surface area (Å²) in [4.78, 5) is 7.11. The van der Waals surface area contributed by atoms with E-state index in [0.717, 1.165) is 6.54 Å². The van der Waals surface area contributed by atoms with E-state index in [1.807, 2.05) is 0 Å². The van der Waals surface area contributed by atoms with Crippen LogP contribution in [-0.2, 0) is 4.84 Å². The fourth-order valence-electron chi connectivity index (χ4n) is 2.54. The molecule has 0 aliphatic carbocycles. The number of nitriles is 1. The molecule has 5 heteroatoms. The summed E-state index contributed by atoms with van der Waals surface area (Å²) in [6, 6.07) is 2.16. The summed E-state index contributed by atoms with van der Waals surface area (Å²) in [5, 5.41) is 12.8. The van der Waals surface area contributed by atoms with Gasteiger partial charge in [0.25, 0.3) is 0 Å². The Labute approximate surface area is 96.3 Å². The van der Waals surface area contributed by atoms with Gasteiger partial charge in [-0.2, -0.15) is 5.26 Å². The standard InChI is InChI=1S/C10H15N3O.ClH/c1-14-12-10(6-11)9-7-13-4-2-8(9)3-5-13;/h8-9H,2-5,7H2,1H3;1H. The highest BCUT2D eigenvalue weighted by atomic mass is 35.5. The predicted molar refractivity (Wildman–Crippen MR) is 60.0 cm³/mol. The Hall–Kier alpha value is -0.790. The van der Waals surface area contributed by atoms with Gasteiger partial charge >= 0.3 is 0 Å². The first-order valence-electron chi connectivity index (χ1n) is 5.08. The van der Waals surface area contributed by atoms with Crippen LogP contribution in [0.4, 0.5) is 0 Å². The molecule has 0 saturated carbocycles. The summed E-state index contributed by atoms with van der Waals surface area (Å²) in [6.07, 6.45) is 2.41. The first-order chi connectivity index (χ1) is 6.85. The Kier molecular flexibility index (Phi) is 4.37. The molecule has 3 fully saturated rings. The molecule has 0 amide bonds. The number of fused-ring (bicyclic) bond motifs is 3. The molecule has 3 aliphatic heterocycles. The van der Waals surface area contributed by atoms with Crippen molar-refractivity contribution in [3.05, 3.63) is 0 Å². The Balaban J connectivity index is 0.00000112. The lowest BCUT2D eigenvalue weighted by Crippen LogP contribution is -2.49. The van der Waals surface area contributed by atoms with Crippen molar-refractivity contribution in [1.29, 1.82) is 5.26 Å². The van der Waals surface area contributed by atoms with Crippen LogP contribution in [0, 0.1) is 23.2 Å². The van der Waals surface area contributed by atoms with Crippen LogP contribution in [0.2, 0.25) is 0 Å². The average Bonchev–Trinajstić information content (AvgIpc) is 2.27. The maximum atomic E-state index is 8.96. The normalized spacial score (nSPS) is 34.1. The number of hydrogen-bond donors (Lipinski definition) is 0. The third kappa shape index (κ3) is 2.42. The van der Waals surface area contributed by atoms with E-state index >= 15 is 0 Å². The molecule has 0 spiro atoms. The van der Waals surface area contributed by atoms with Crippen molar-refractivity contribution < 1.29 is 4.84 Å². The Morgan fingerprint density at radius 2 is 2.13 bits per heavy atom. The van der Waals surface area contributed by atoms with Gasteiger partial charge in [-0.1, -0.05) is 5.16 Å². The van der Waals surface area contributed by atoms with Crippen molar-refractivity contribution in [2.24, 2.45) is 17.0 Å². The first kappa shape index (κ1) is 12.3. The summed E-state index contributed by atoms with van der Waals surface area (Å²) < 4.78 is 0. The smallest absolute Gasteiger partial charge is 0.161 e. The van der Waals surface area contributed by atoms with Gasteiger partial charge in [0.15, 0.2) is 5.71 Å². The summed E-state index contributed by atoms with van der Waals surface area (Å²) >= 11 is 0. The quantitative estimate of drug-likeness (QED) is 0.529. The second-order valence-corrected chi connectivity index (χ2v) is 4.02. The second kappa shape index (κ2) is 5.34. The fraction of sp³-hybridized carbons (Fsp3) is 0.800. The highest BCUT2D eigenvalue weighted by molar-refractivity contribution is 6.00. The lowest BCUT2D eigenvalue weighted by atomic mass is 9.77. The first-order valence-corrected chi connectivity index (χ1v) is 5.08. The molecule has 3 saturated heterocycles. The molecule has 0 N–H and O–H groups in total. The molecule has 3 heterocycles. The monoisotopic (exact) mass is 229 g/mol. The van der Waals surface area contributed by atoms with Gasteiger partial charge in [-0.05, 0) is 31.8 Å². The minimum absolute atomic E-state index is 0. The molecule has 1 unspecified atom stereocenters. The highest BCUT2D eigenvalue weighted by Gasteiger charge is 2.37. The van der Waals surface area contributed by atoms with Crippen LogP contribution in [-0.4, -0.2) is 37.4 Å². The summed E-state index contributed by atoms with van der Waals surface area (Å²) in [6.45, 7) is 3.36. The van der Waals surface area contributed by atoms with E-state index in [-0.39, 0.29) is 12.4 Å². The molecule has 0 aromatic rings. The van der Waals surface area contributed by atoms with Gasteiger partial charge in [0.2, 0.25) is 0 Å². The molecule has 1 atom stereocenters. The van der Waals surface area contributed by atoms with Crippen LogP contribution in [0.1, 0.15) is 12.8 Å². The minimum Gasteiger partial charge on any atom is -0.398 e. The minimum atomic E-state index is 0. The zero-order valence-electron chi connectivity index (χ0n) is 8.85. The number of rotatable bonds is 2. The van der Waals surface area contributed by atoms with Crippen molar-refractivity contribution in [1.82, 2.24) is 4.90 Å². The van der Waals surface area contributed by atoms with Crippen LogP contribution in [0.5, 0.6) is 0 Å². The van der Waals surface area contributed by atoms with E-state index in [4.69, 9.17) is 10.1 Å². The lowest BCUT2D eigenvalue weighted by Gasteiger charge is -2.43. The number of oxime groups is 1. The lowest BCUT2D eigenvalue weighted by molar-refractivity contribution is 0.0800. The molecule has 2 bridgehead atoms. The molecule has 3 aliphatic rings. The van der Waals surface area contributed by atoms with E-state index in [9.17, 15) is 0 Å². The topological polar surface area (TPSA) is 48.6 Å². The predicted octanol–water partition coefficient (Wildman–Crippen LogP) is 1.28. The van der Waals surface area contributed by atoms with Gasteiger partial charge in [0, 0.05) is 12.5 Å². The molecule has 0 aromatic heterocycles. The van der Waals surface area contributed by atoms with E-state index in [2.05, 4.69) is 16.1 Å². The van der Waals surface area contributed by atoms with Crippen molar-refractivity contribution in [3.8, 4) is 6.07 Å². The van der Waals surface area contributed by atoms with Crippen LogP contribution >= 0.6 is 12.4 Å². The molecule has 0 aromatic carbocycles. The molecular weight excluding hydrogens is 214 g/mol. The van der Waals surface area contributed by atoms with Crippen molar-refractivity contribution >= 4 is 18.1 Å². The largest absolute Gasteiger partial charge is 0.398 e. The van der Waals surface area contributed by atoms with E-state index < -0.39 is 0 Å². The van der Waals surface area contributed by atoms with Gasteiger partial charge in [-0.3, -0.25) is 0 Å². The summed E-state index contributed by atoms with van der Waals surface area (Å²) in [5.41, 5.74) is 0.571. The molecule has 4 nitrogen and oxygen atoms in total. The summed E-state index contributed by atoms with van der Waals surface area (Å²) in [5.74, 6) is 0.955. The van der Waals surface area contributed by atoms with E-state index in [1.54, 1.807) is 0 Å². The molecular formula is C10H16ClN3O. The molecule has 3 rings (SSSR count). The van der Waals surface area contributed by atoms with Gasteiger partial charge < -0.3 is 9.74 Å². The van der Waals surface area contributed by atoms with E-state index in [1.165, 1.54) is 33.0 Å². The SMILES string of the molecule is CON=C(C#N)C1CN2CCC1CC2.Cl. The van der Waals surface area contributed by atoms with Crippen molar-refractivity contribution in [2.75, 3.05) is 26.7 Å². The summed E-state index contributed by atoms with van der Waals surface area (Å²) in [7, 11) is 1.50. The average molecular weight is 230 g/mol. The third-order valence-corrected chi connectivity index (χ3v) is 3.31. The maximum absolute atomic E-state index is 8.96. The number of piperidine rings is 3. The zero-order valence-corrected chi connectivity index (χ0v) is 9.66. The van der Waals surface area contributed by atoms with Gasteiger partial charge in [0.05, 0.1) is 0 Å². The number of hydrogen-bond acceptors (Lipinski definition) is 4. The van der Waals surface area contributed by atoms with Crippen LogP contribution in [0.15, 0.2) is 5.16 Å². The Morgan fingerprint density at radius 3 is 2.53 bits per heavy atom. The number of halogens is 1. The zero-order chi connectivity index (χ0) is 9.97. The molecule has 84 valence electrons. The van der Waals surface area contributed by atoms with Crippen molar-refractivity contribution in [2.45, 2.75) is 12.8 Å². The maximum Gasteiger partial charge on any atom is 0.161 e. The second-order valence-electron chi connectivity index (χ2n) is 4.02. The van der Waals surface area contributed by atoms with Crippen LogP contribution in [0.25, 0.3) is 0 Å². The Bertz CT molecular complexity index is 279. The molecule has 0 radical (unpaired) electrons. The number of nitrogens with zero attached hydrogens (tertiary/aromatic N) is 3.